The van der Waals surface area contributed by atoms with Crippen molar-refractivity contribution in [1.29, 1.82) is 0 Å². The highest BCUT2D eigenvalue weighted by Crippen LogP contribution is 2.26. The maximum Gasteiger partial charge on any atom is 0.310 e. The van der Waals surface area contributed by atoms with Crippen molar-refractivity contribution in [3.8, 4) is 0 Å². The largest absolute Gasteiger partial charge is 0.469 e. The summed E-state index contributed by atoms with van der Waals surface area (Å²) >= 11 is 2.86. The van der Waals surface area contributed by atoms with Gasteiger partial charge in [-0.25, -0.2) is 0 Å². The number of aryl methyl sites for hydroxylation is 2. The number of rotatable bonds is 4. The Balaban J connectivity index is 2.18. The van der Waals surface area contributed by atoms with E-state index in [0.29, 0.717) is 4.88 Å². The quantitative estimate of drug-likeness (QED) is 0.641. The van der Waals surface area contributed by atoms with Crippen LogP contribution in [0.15, 0.2) is 18.2 Å². The zero-order chi connectivity index (χ0) is 14.0. The van der Waals surface area contributed by atoms with Crippen LogP contribution in [0.25, 0.3) is 0 Å². The minimum absolute atomic E-state index is 0.0299. The molecule has 0 bridgehead atoms. The Hall–Kier alpha value is -1.46. The molecule has 2 aromatic heterocycles. The van der Waals surface area contributed by atoms with Gasteiger partial charge < -0.3 is 4.74 Å². The molecule has 5 heteroatoms. The molecule has 0 amide bonds. The molecular formula is C14H14O3S2. The zero-order valence-electron chi connectivity index (χ0n) is 11.0. The van der Waals surface area contributed by atoms with Crippen LogP contribution in [-0.4, -0.2) is 18.9 Å². The number of methoxy groups -OCH3 is 1. The molecule has 0 aliphatic heterocycles. The Morgan fingerprint density at radius 3 is 2.47 bits per heavy atom. The molecule has 0 atom stereocenters. The molecule has 0 aliphatic carbocycles. The van der Waals surface area contributed by atoms with Crippen molar-refractivity contribution in [3.05, 3.63) is 43.3 Å². The smallest absolute Gasteiger partial charge is 0.310 e. The summed E-state index contributed by atoms with van der Waals surface area (Å²) in [5, 5.41) is 0. The summed E-state index contributed by atoms with van der Waals surface area (Å²) in [6, 6.07) is 5.50. The van der Waals surface area contributed by atoms with Crippen LogP contribution in [0.5, 0.6) is 0 Å². The number of ketones is 1. The Bertz CT molecular complexity index is 603. The molecule has 100 valence electrons. The predicted molar refractivity (Wildman–Crippen MR) is 77.3 cm³/mol. The van der Waals surface area contributed by atoms with Crippen molar-refractivity contribution in [2.75, 3.05) is 7.11 Å². The van der Waals surface area contributed by atoms with Crippen LogP contribution in [0.2, 0.25) is 0 Å². The van der Waals surface area contributed by atoms with Gasteiger partial charge >= 0.3 is 5.97 Å². The topological polar surface area (TPSA) is 43.4 Å². The molecule has 0 fully saturated rings. The lowest BCUT2D eigenvalue weighted by atomic mass is 10.2. The SMILES string of the molecule is COC(=O)Cc1ccc(C(=O)c2cc(C)c(C)s2)s1. The normalized spacial score (nSPS) is 10.5. The summed E-state index contributed by atoms with van der Waals surface area (Å²) in [7, 11) is 1.36. The zero-order valence-corrected chi connectivity index (χ0v) is 12.6. The number of hydrogen-bond acceptors (Lipinski definition) is 5. The van der Waals surface area contributed by atoms with Crippen LogP contribution in [0, 0.1) is 13.8 Å². The van der Waals surface area contributed by atoms with E-state index in [-0.39, 0.29) is 18.2 Å². The standard InChI is InChI=1S/C14H14O3S2/c1-8-6-12(18-9(8)2)14(16)11-5-4-10(19-11)7-13(15)17-3/h4-6H,7H2,1-3H3. The highest BCUT2D eigenvalue weighted by Gasteiger charge is 2.16. The molecule has 0 spiro atoms. The number of thiophene rings is 2. The van der Waals surface area contributed by atoms with Crippen molar-refractivity contribution in [1.82, 2.24) is 0 Å². The van der Waals surface area contributed by atoms with Crippen molar-refractivity contribution < 1.29 is 14.3 Å². The lowest BCUT2D eigenvalue weighted by Crippen LogP contribution is -2.02. The Kier molecular flexibility index (Phi) is 4.17. The van der Waals surface area contributed by atoms with E-state index in [9.17, 15) is 9.59 Å². The van der Waals surface area contributed by atoms with Crippen LogP contribution in [0.4, 0.5) is 0 Å². The Morgan fingerprint density at radius 1 is 1.16 bits per heavy atom. The second-order valence-corrected chi connectivity index (χ2v) is 6.62. The predicted octanol–water partition coefficient (Wildman–Crippen LogP) is 3.37. The van der Waals surface area contributed by atoms with Gasteiger partial charge in [0.05, 0.1) is 23.3 Å². The van der Waals surface area contributed by atoms with Gasteiger partial charge in [0.15, 0.2) is 0 Å². The molecule has 2 heterocycles. The van der Waals surface area contributed by atoms with E-state index in [1.54, 1.807) is 6.07 Å². The fourth-order valence-corrected chi connectivity index (χ4v) is 3.62. The van der Waals surface area contributed by atoms with Crippen LogP contribution >= 0.6 is 22.7 Å². The van der Waals surface area contributed by atoms with Crippen LogP contribution in [0.3, 0.4) is 0 Å². The van der Waals surface area contributed by atoms with E-state index in [2.05, 4.69) is 4.74 Å². The van der Waals surface area contributed by atoms with E-state index in [4.69, 9.17) is 0 Å². The molecule has 0 unspecified atom stereocenters. The fourth-order valence-electron chi connectivity index (χ4n) is 1.62. The van der Waals surface area contributed by atoms with Crippen molar-refractivity contribution >= 4 is 34.4 Å². The van der Waals surface area contributed by atoms with Gasteiger partial charge in [-0.15, -0.1) is 22.7 Å². The van der Waals surface area contributed by atoms with Crippen molar-refractivity contribution in [2.45, 2.75) is 20.3 Å². The molecular weight excluding hydrogens is 280 g/mol. The van der Waals surface area contributed by atoms with Gasteiger partial charge in [0.25, 0.3) is 0 Å². The molecule has 0 aliphatic rings. The Labute approximate surface area is 119 Å². The first-order valence-corrected chi connectivity index (χ1v) is 7.42. The average Bonchev–Trinajstić information content (AvgIpc) is 2.96. The van der Waals surface area contributed by atoms with Crippen LogP contribution < -0.4 is 0 Å². The second-order valence-electron chi connectivity index (χ2n) is 4.20. The van der Waals surface area contributed by atoms with Gasteiger partial charge in [0.2, 0.25) is 5.78 Å². The van der Waals surface area contributed by atoms with Crippen LogP contribution in [-0.2, 0) is 16.0 Å². The summed E-state index contributed by atoms with van der Waals surface area (Å²) in [6.07, 6.45) is 0.219. The van der Waals surface area contributed by atoms with Gasteiger partial charge in [0.1, 0.15) is 0 Å². The molecule has 0 saturated heterocycles. The maximum atomic E-state index is 12.3. The first kappa shape index (κ1) is 14.0. The van der Waals surface area contributed by atoms with Crippen LogP contribution in [0.1, 0.15) is 29.9 Å². The van der Waals surface area contributed by atoms with E-state index in [1.807, 2.05) is 26.0 Å². The number of ether oxygens (including phenoxy) is 1. The molecule has 2 aromatic rings. The molecule has 0 N–H and O–H groups in total. The van der Waals surface area contributed by atoms with Gasteiger partial charge in [0, 0.05) is 9.75 Å². The number of hydrogen-bond donors (Lipinski definition) is 0. The highest BCUT2D eigenvalue weighted by molar-refractivity contribution is 7.17. The Morgan fingerprint density at radius 2 is 1.89 bits per heavy atom. The van der Waals surface area contributed by atoms with Gasteiger partial charge in [-0.05, 0) is 37.6 Å². The summed E-state index contributed by atoms with van der Waals surface area (Å²) in [6.45, 7) is 4.01. The number of carbonyl (C=O) groups is 2. The third-order valence-electron chi connectivity index (χ3n) is 2.82. The fraction of sp³-hybridized carbons (Fsp3) is 0.286. The minimum atomic E-state index is -0.288. The summed E-state index contributed by atoms with van der Waals surface area (Å²) in [5.74, 6) is -0.258. The van der Waals surface area contributed by atoms with E-state index >= 15 is 0 Å². The number of carbonyl (C=O) groups excluding carboxylic acids is 2. The summed E-state index contributed by atoms with van der Waals surface area (Å²) in [5.41, 5.74) is 1.14. The van der Waals surface area contributed by atoms with Gasteiger partial charge in [-0.1, -0.05) is 0 Å². The molecule has 19 heavy (non-hydrogen) atoms. The lowest BCUT2D eigenvalue weighted by Gasteiger charge is -1.95. The van der Waals surface area contributed by atoms with Gasteiger partial charge in [-0.2, -0.15) is 0 Å². The van der Waals surface area contributed by atoms with Crippen molar-refractivity contribution in [3.63, 3.8) is 0 Å². The van der Waals surface area contributed by atoms with E-state index in [1.165, 1.54) is 29.8 Å². The first-order valence-electron chi connectivity index (χ1n) is 5.78. The summed E-state index contributed by atoms with van der Waals surface area (Å²) < 4.78 is 4.61. The molecule has 3 nitrogen and oxygen atoms in total. The van der Waals surface area contributed by atoms with E-state index in [0.717, 1.165) is 20.2 Å². The molecule has 2 rings (SSSR count). The monoisotopic (exact) mass is 294 g/mol. The van der Waals surface area contributed by atoms with Crippen molar-refractivity contribution in [2.24, 2.45) is 0 Å². The third kappa shape index (κ3) is 3.11. The second kappa shape index (κ2) is 5.67. The number of esters is 1. The molecule has 0 radical (unpaired) electrons. The highest BCUT2D eigenvalue weighted by atomic mass is 32.1. The first-order chi connectivity index (χ1) is 9.01. The maximum absolute atomic E-state index is 12.3. The van der Waals surface area contributed by atoms with E-state index < -0.39 is 0 Å². The average molecular weight is 294 g/mol. The molecule has 0 saturated carbocycles. The summed E-state index contributed by atoms with van der Waals surface area (Å²) in [4.78, 5) is 26.9. The lowest BCUT2D eigenvalue weighted by molar-refractivity contribution is -0.139. The third-order valence-corrected chi connectivity index (χ3v) is 5.06. The van der Waals surface area contributed by atoms with Gasteiger partial charge in [-0.3, -0.25) is 9.59 Å². The minimum Gasteiger partial charge on any atom is -0.469 e. The molecule has 0 aromatic carbocycles.